The van der Waals surface area contributed by atoms with Gasteiger partial charge >= 0.3 is 11.9 Å². The summed E-state index contributed by atoms with van der Waals surface area (Å²) in [5.74, 6) is -1.90. The average molecular weight is 316 g/mol. The molecule has 0 unspecified atom stereocenters. The average Bonchev–Trinajstić information content (AvgIpc) is 2.49. The van der Waals surface area contributed by atoms with E-state index in [-0.39, 0.29) is 19.3 Å². The lowest BCUT2D eigenvalue weighted by atomic mass is 10.2. The van der Waals surface area contributed by atoms with Crippen molar-refractivity contribution in [2.24, 2.45) is 0 Å². The molecular weight excluding hydrogens is 292 g/mol. The molecule has 0 atom stereocenters. The number of carboxylic acids is 2. The zero-order valence-electron chi connectivity index (χ0n) is 13.6. The van der Waals surface area contributed by atoms with Crippen molar-refractivity contribution in [2.45, 2.75) is 33.1 Å². The van der Waals surface area contributed by atoms with Gasteiger partial charge in [0.05, 0.1) is 0 Å². The standard InChI is InChI=1S/2C7H8.C5H8O4/c2*1-7-5-3-2-4-6-7;6-4(7)2-1-3-5(8)9/h2*2-6H,1H3;1-3H2,(H,6,7)(H,8,9). The zero-order valence-corrected chi connectivity index (χ0v) is 13.6. The molecule has 2 rings (SSSR count). The number of rotatable bonds is 4. The van der Waals surface area contributed by atoms with Gasteiger partial charge in [-0.15, -0.1) is 0 Å². The third kappa shape index (κ3) is 15.6. The molecule has 124 valence electrons. The molecule has 0 aliphatic heterocycles. The van der Waals surface area contributed by atoms with Crippen molar-refractivity contribution in [1.82, 2.24) is 0 Å². The van der Waals surface area contributed by atoms with E-state index in [1.165, 1.54) is 11.1 Å². The van der Waals surface area contributed by atoms with Crippen LogP contribution in [0.25, 0.3) is 0 Å². The Morgan fingerprint density at radius 1 is 0.696 bits per heavy atom. The molecule has 0 saturated carbocycles. The fourth-order valence-electron chi connectivity index (χ4n) is 1.46. The van der Waals surface area contributed by atoms with Gasteiger partial charge in [0.25, 0.3) is 0 Å². The van der Waals surface area contributed by atoms with Crippen molar-refractivity contribution >= 4 is 11.9 Å². The normalized spacial score (nSPS) is 8.78. The van der Waals surface area contributed by atoms with Crippen LogP contribution in [0.3, 0.4) is 0 Å². The fourth-order valence-corrected chi connectivity index (χ4v) is 1.46. The third-order valence-corrected chi connectivity index (χ3v) is 2.66. The smallest absolute Gasteiger partial charge is 0.303 e. The van der Waals surface area contributed by atoms with E-state index < -0.39 is 11.9 Å². The van der Waals surface area contributed by atoms with Gasteiger partial charge < -0.3 is 10.2 Å². The first kappa shape index (κ1) is 20.4. The van der Waals surface area contributed by atoms with Crippen LogP contribution in [0.15, 0.2) is 60.7 Å². The Balaban J connectivity index is 0.000000318. The Hall–Kier alpha value is -2.62. The summed E-state index contributed by atoms with van der Waals surface area (Å²) >= 11 is 0. The van der Waals surface area contributed by atoms with Gasteiger partial charge in [0.1, 0.15) is 0 Å². The molecule has 0 bridgehead atoms. The Morgan fingerprint density at radius 2 is 1.00 bits per heavy atom. The molecule has 23 heavy (non-hydrogen) atoms. The Labute approximate surface area is 137 Å². The van der Waals surface area contributed by atoms with Crippen LogP contribution >= 0.6 is 0 Å². The van der Waals surface area contributed by atoms with Crippen molar-refractivity contribution in [3.63, 3.8) is 0 Å². The molecule has 0 spiro atoms. The number of hydrogen-bond acceptors (Lipinski definition) is 2. The molecule has 0 fully saturated rings. The molecule has 0 aliphatic rings. The van der Waals surface area contributed by atoms with Gasteiger partial charge in [-0.1, -0.05) is 71.8 Å². The van der Waals surface area contributed by atoms with E-state index in [0.717, 1.165) is 0 Å². The molecule has 0 amide bonds. The molecule has 0 aliphatic carbocycles. The number of aryl methyl sites for hydroxylation is 2. The van der Waals surface area contributed by atoms with Crippen molar-refractivity contribution in [3.05, 3.63) is 71.8 Å². The second kappa shape index (κ2) is 13.1. The van der Waals surface area contributed by atoms with Crippen LogP contribution in [0.2, 0.25) is 0 Å². The monoisotopic (exact) mass is 316 g/mol. The van der Waals surface area contributed by atoms with Crippen LogP contribution in [0, 0.1) is 13.8 Å². The lowest BCUT2D eigenvalue weighted by molar-refractivity contribution is -0.138. The number of carbonyl (C=O) groups is 2. The summed E-state index contributed by atoms with van der Waals surface area (Å²) in [5.41, 5.74) is 2.64. The highest BCUT2D eigenvalue weighted by atomic mass is 16.4. The van der Waals surface area contributed by atoms with Crippen molar-refractivity contribution in [3.8, 4) is 0 Å². The first-order valence-corrected chi connectivity index (χ1v) is 7.38. The van der Waals surface area contributed by atoms with Gasteiger partial charge in [-0.2, -0.15) is 0 Å². The van der Waals surface area contributed by atoms with Crippen molar-refractivity contribution in [1.29, 1.82) is 0 Å². The molecule has 2 aromatic rings. The van der Waals surface area contributed by atoms with Crippen molar-refractivity contribution < 1.29 is 19.8 Å². The summed E-state index contributed by atoms with van der Waals surface area (Å²) in [5, 5.41) is 16.1. The minimum absolute atomic E-state index is 0.0632. The van der Waals surface area contributed by atoms with Crippen LogP contribution in [-0.2, 0) is 9.59 Å². The highest BCUT2D eigenvalue weighted by molar-refractivity contribution is 5.69. The highest BCUT2D eigenvalue weighted by Crippen LogP contribution is 1.94. The lowest BCUT2D eigenvalue weighted by Crippen LogP contribution is -1.98. The second-order valence-electron chi connectivity index (χ2n) is 4.95. The predicted molar refractivity (Wildman–Crippen MR) is 91.5 cm³/mol. The lowest BCUT2D eigenvalue weighted by Gasteiger charge is -1.89. The third-order valence-electron chi connectivity index (χ3n) is 2.66. The van der Waals surface area contributed by atoms with Crippen LogP contribution in [0.4, 0.5) is 0 Å². The maximum atomic E-state index is 9.79. The molecule has 4 heteroatoms. The Kier molecular flexibility index (Phi) is 11.6. The van der Waals surface area contributed by atoms with E-state index in [0.29, 0.717) is 0 Å². The minimum atomic E-state index is -0.948. The first-order chi connectivity index (χ1) is 10.9. The summed E-state index contributed by atoms with van der Waals surface area (Å²) in [7, 11) is 0. The van der Waals surface area contributed by atoms with Gasteiger partial charge in [0, 0.05) is 12.8 Å². The van der Waals surface area contributed by atoms with E-state index in [1.807, 2.05) is 36.4 Å². The summed E-state index contributed by atoms with van der Waals surface area (Å²) in [6, 6.07) is 20.5. The summed E-state index contributed by atoms with van der Waals surface area (Å²) in [4.78, 5) is 19.6. The fraction of sp³-hybridized carbons (Fsp3) is 0.263. The van der Waals surface area contributed by atoms with Crippen LogP contribution < -0.4 is 0 Å². The maximum absolute atomic E-state index is 9.79. The van der Waals surface area contributed by atoms with Gasteiger partial charge in [0.15, 0.2) is 0 Å². The van der Waals surface area contributed by atoms with Crippen LogP contribution in [-0.4, -0.2) is 22.2 Å². The number of aliphatic carboxylic acids is 2. The SMILES string of the molecule is Cc1ccccc1.Cc1ccccc1.O=C(O)CCCC(=O)O. The molecular formula is C19H24O4. The van der Waals surface area contributed by atoms with Gasteiger partial charge in [-0.25, -0.2) is 0 Å². The highest BCUT2D eigenvalue weighted by Gasteiger charge is 1.99. The maximum Gasteiger partial charge on any atom is 0.303 e. The minimum Gasteiger partial charge on any atom is -0.481 e. The largest absolute Gasteiger partial charge is 0.481 e. The van der Waals surface area contributed by atoms with Crippen LogP contribution in [0.1, 0.15) is 30.4 Å². The Morgan fingerprint density at radius 3 is 1.17 bits per heavy atom. The van der Waals surface area contributed by atoms with Crippen molar-refractivity contribution in [2.75, 3.05) is 0 Å². The van der Waals surface area contributed by atoms with Crippen LogP contribution in [0.5, 0.6) is 0 Å². The number of carboxylic acid groups (broad SMARTS) is 2. The van der Waals surface area contributed by atoms with Gasteiger partial charge in [0.2, 0.25) is 0 Å². The summed E-state index contributed by atoms with van der Waals surface area (Å²) in [6.07, 6.45) is 0.0866. The second-order valence-corrected chi connectivity index (χ2v) is 4.95. The molecule has 0 heterocycles. The van der Waals surface area contributed by atoms with E-state index in [2.05, 4.69) is 38.1 Å². The van der Waals surface area contributed by atoms with E-state index in [9.17, 15) is 9.59 Å². The summed E-state index contributed by atoms with van der Waals surface area (Å²) in [6.45, 7) is 4.17. The zero-order chi connectivity index (χ0) is 17.5. The molecule has 2 aromatic carbocycles. The molecule has 0 radical (unpaired) electrons. The van der Waals surface area contributed by atoms with E-state index in [4.69, 9.17) is 10.2 Å². The van der Waals surface area contributed by atoms with Gasteiger partial charge in [-0.05, 0) is 20.3 Å². The number of hydrogen-bond donors (Lipinski definition) is 2. The predicted octanol–water partition coefficient (Wildman–Crippen LogP) is 4.32. The molecule has 4 nitrogen and oxygen atoms in total. The summed E-state index contributed by atoms with van der Waals surface area (Å²) < 4.78 is 0. The quantitative estimate of drug-likeness (QED) is 0.881. The van der Waals surface area contributed by atoms with E-state index in [1.54, 1.807) is 0 Å². The number of benzene rings is 2. The van der Waals surface area contributed by atoms with Gasteiger partial charge in [-0.3, -0.25) is 9.59 Å². The van der Waals surface area contributed by atoms with E-state index >= 15 is 0 Å². The first-order valence-electron chi connectivity index (χ1n) is 7.38. The topological polar surface area (TPSA) is 74.6 Å². The molecule has 0 saturated heterocycles. The Bertz CT molecular complexity index is 499. The molecule has 0 aromatic heterocycles. The molecule has 2 N–H and O–H groups in total.